The highest BCUT2D eigenvalue weighted by Gasteiger charge is 2.14. The van der Waals surface area contributed by atoms with Crippen LogP contribution >= 0.6 is 34.2 Å². The fourth-order valence-electron chi connectivity index (χ4n) is 2.18. The van der Waals surface area contributed by atoms with E-state index < -0.39 is 0 Å². The molecule has 1 amide bonds. The molecule has 0 atom stereocenters. The van der Waals surface area contributed by atoms with E-state index in [4.69, 9.17) is 16.3 Å². The fourth-order valence-corrected chi connectivity index (χ4v) is 3.35. The van der Waals surface area contributed by atoms with E-state index in [1.165, 1.54) is 0 Å². The quantitative estimate of drug-likeness (QED) is 0.697. The lowest BCUT2D eigenvalue weighted by Crippen LogP contribution is -2.37. The predicted molar refractivity (Wildman–Crippen MR) is 97.5 cm³/mol. The Morgan fingerprint density at radius 3 is 2.86 bits per heavy atom. The highest BCUT2D eigenvalue weighted by Crippen LogP contribution is 2.34. The molecule has 1 aromatic heterocycles. The smallest absolute Gasteiger partial charge is 0.258 e. The van der Waals surface area contributed by atoms with E-state index in [0.29, 0.717) is 16.3 Å². The summed E-state index contributed by atoms with van der Waals surface area (Å²) in [5.74, 6) is 0.476. The van der Waals surface area contributed by atoms with E-state index in [1.54, 1.807) is 6.20 Å². The average Bonchev–Trinajstić information content (AvgIpc) is 2.52. The van der Waals surface area contributed by atoms with Gasteiger partial charge in [-0.25, -0.2) is 0 Å². The summed E-state index contributed by atoms with van der Waals surface area (Å²) in [6, 6.07) is 5.72. The zero-order chi connectivity index (χ0) is 16.1. The highest BCUT2D eigenvalue weighted by atomic mass is 127. The van der Waals surface area contributed by atoms with Crippen LogP contribution in [0.2, 0.25) is 5.02 Å². The lowest BCUT2D eigenvalue weighted by molar-refractivity contribution is -0.123. The number of ether oxygens (including phenoxy) is 1. The SMILES string of the molecule is CCC(CC)NC(=O)COc1c(I)cc(Cl)c2cccnc12. The standard InChI is InChI=1S/C16H18ClIN2O2/c1-3-10(4-2)20-14(21)9-22-16-13(18)8-12(17)11-6-5-7-19-15(11)16/h5-8,10H,3-4,9H2,1-2H3,(H,20,21). The maximum Gasteiger partial charge on any atom is 0.258 e. The summed E-state index contributed by atoms with van der Waals surface area (Å²) >= 11 is 8.36. The summed E-state index contributed by atoms with van der Waals surface area (Å²) in [6.45, 7) is 4.07. The van der Waals surface area contributed by atoms with Crippen LogP contribution in [0.1, 0.15) is 26.7 Å². The van der Waals surface area contributed by atoms with Crippen molar-refractivity contribution in [2.45, 2.75) is 32.7 Å². The molecule has 6 heteroatoms. The number of pyridine rings is 1. The van der Waals surface area contributed by atoms with E-state index in [1.807, 2.05) is 18.2 Å². The van der Waals surface area contributed by atoms with E-state index in [-0.39, 0.29) is 18.6 Å². The molecular weight excluding hydrogens is 415 g/mol. The topological polar surface area (TPSA) is 51.2 Å². The molecule has 0 spiro atoms. The third-order valence-corrected chi connectivity index (χ3v) is 4.56. The van der Waals surface area contributed by atoms with Crippen molar-refractivity contribution >= 4 is 51.0 Å². The van der Waals surface area contributed by atoms with E-state index in [0.717, 1.165) is 21.8 Å². The van der Waals surface area contributed by atoms with Crippen LogP contribution in [0.25, 0.3) is 10.9 Å². The summed E-state index contributed by atoms with van der Waals surface area (Å²) in [6.07, 6.45) is 3.50. The van der Waals surface area contributed by atoms with Gasteiger partial charge in [-0.2, -0.15) is 0 Å². The number of carbonyl (C=O) groups excluding carboxylic acids is 1. The maximum absolute atomic E-state index is 12.0. The zero-order valence-corrected chi connectivity index (χ0v) is 15.4. The van der Waals surface area contributed by atoms with Crippen molar-refractivity contribution in [2.24, 2.45) is 0 Å². The van der Waals surface area contributed by atoms with Crippen molar-refractivity contribution < 1.29 is 9.53 Å². The fraction of sp³-hybridized carbons (Fsp3) is 0.375. The first kappa shape index (κ1) is 17.3. The Labute approximate surface area is 148 Å². The van der Waals surface area contributed by atoms with Gasteiger partial charge in [0.05, 0.1) is 8.59 Å². The van der Waals surface area contributed by atoms with Crippen LogP contribution in [0, 0.1) is 3.57 Å². The van der Waals surface area contributed by atoms with Crippen molar-refractivity contribution in [3.63, 3.8) is 0 Å². The Hall–Kier alpha value is -1.08. The molecule has 1 N–H and O–H groups in total. The summed E-state index contributed by atoms with van der Waals surface area (Å²) < 4.78 is 6.55. The van der Waals surface area contributed by atoms with Crippen molar-refractivity contribution in [1.82, 2.24) is 10.3 Å². The van der Waals surface area contributed by atoms with E-state index >= 15 is 0 Å². The van der Waals surface area contributed by atoms with Gasteiger partial charge in [-0.3, -0.25) is 9.78 Å². The summed E-state index contributed by atoms with van der Waals surface area (Å²) in [7, 11) is 0. The molecule has 0 unspecified atom stereocenters. The lowest BCUT2D eigenvalue weighted by atomic mass is 10.2. The minimum absolute atomic E-state index is 0.0280. The van der Waals surface area contributed by atoms with Gasteiger partial charge in [0.15, 0.2) is 12.4 Å². The van der Waals surface area contributed by atoms with Gasteiger partial charge >= 0.3 is 0 Å². The van der Waals surface area contributed by atoms with Gasteiger partial charge in [0.2, 0.25) is 0 Å². The number of aromatic nitrogens is 1. The maximum atomic E-state index is 12.0. The van der Waals surface area contributed by atoms with Gasteiger partial charge in [-0.1, -0.05) is 25.4 Å². The molecule has 0 saturated carbocycles. The molecule has 118 valence electrons. The Bertz CT molecular complexity index is 674. The van der Waals surface area contributed by atoms with Gasteiger partial charge in [0.25, 0.3) is 5.91 Å². The van der Waals surface area contributed by atoms with Crippen LogP contribution in [-0.4, -0.2) is 23.5 Å². The lowest BCUT2D eigenvalue weighted by Gasteiger charge is -2.16. The van der Waals surface area contributed by atoms with Crippen LogP contribution < -0.4 is 10.1 Å². The molecule has 2 aromatic rings. The number of fused-ring (bicyclic) bond motifs is 1. The first-order chi connectivity index (χ1) is 10.6. The molecule has 0 bridgehead atoms. The second-order valence-corrected chi connectivity index (χ2v) is 6.51. The van der Waals surface area contributed by atoms with Crippen molar-refractivity contribution in [2.75, 3.05) is 6.61 Å². The van der Waals surface area contributed by atoms with Crippen molar-refractivity contribution in [3.8, 4) is 5.75 Å². The predicted octanol–water partition coefficient (Wildman–Crippen LogP) is 4.18. The third kappa shape index (κ3) is 4.01. The normalized spacial score (nSPS) is 11.0. The van der Waals surface area contributed by atoms with Crippen LogP contribution in [0.3, 0.4) is 0 Å². The minimum Gasteiger partial charge on any atom is -0.480 e. The zero-order valence-electron chi connectivity index (χ0n) is 12.5. The molecule has 1 heterocycles. The molecule has 0 fully saturated rings. The third-order valence-electron chi connectivity index (χ3n) is 3.45. The molecule has 0 radical (unpaired) electrons. The Morgan fingerprint density at radius 2 is 2.18 bits per heavy atom. The number of carbonyl (C=O) groups is 1. The van der Waals surface area contributed by atoms with Gasteiger partial charge in [0.1, 0.15) is 5.52 Å². The first-order valence-corrected chi connectivity index (χ1v) is 8.67. The second-order valence-electron chi connectivity index (χ2n) is 4.94. The van der Waals surface area contributed by atoms with Crippen molar-refractivity contribution in [1.29, 1.82) is 0 Å². The average molecular weight is 433 g/mol. The van der Waals surface area contributed by atoms with Gasteiger partial charge in [0, 0.05) is 17.6 Å². The number of nitrogens with zero attached hydrogens (tertiary/aromatic N) is 1. The first-order valence-electron chi connectivity index (χ1n) is 7.21. The Morgan fingerprint density at radius 1 is 1.45 bits per heavy atom. The van der Waals surface area contributed by atoms with E-state index in [9.17, 15) is 4.79 Å². The molecule has 0 aliphatic heterocycles. The largest absolute Gasteiger partial charge is 0.480 e. The molecule has 0 aliphatic carbocycles. The van der Waals surface area contributed by atoms with Crippen LogP contribution in [-0.2, 0) is 4.79 Å². The van der Waals surface area contributed by atoms with E-state index in [2.05, 4.69) is 46.7 Å². The minimum atomic E-state index is -0.122. The highest BCUT2D eigenvalue weighted by molar-refractivity contribution is 14.1. The van der Waals surface area contributed by atoms with Gasteiger partial charge < -0.3 is 10.1 Å². The number of nitrogens with one attached hydrogen (secondary N) is 1. The molecule has 1 aromatic carbocycles. The van der Waals surface area contributed by atoms with Crippen LogP contribution in [0.15, 0.2) is 24.4 Å². The van der Waals surface area contributed by atoms with Crippen molar-refractivity contribution in [3.05, 3.63) is 33.0 Å². The number of hydrogen-bond donors (Lipinski definition) is 1. The van der Waals surface area contributed by atoms with Gasteiger partial charge in [-0.15, -0.1) is 0 Å². The summed E-state index contributed by atoms with van der Waals surface area (Å²) in [5, 5.41) is 4.40. The summed E-state index contributed by atoms with van der Waals surface area (Å²) in [4.78, 5) is 16.3. The molecule has 22 heavy (non-hydrogen) atoms. The molecule has 2 rings (SSSR count). The number of benzene rings is 1. The number of halogens is 2. The van der Waals surface area contributed by atoms with Crippen LogP contribution in [0.5, 0.6) is 5.75 Å². The molecule has 0 saturated heterocycles. The molecular formula is C16H18ClIN2O2. The Kier molecular flexibility index (Phi) is 6.26. The van der Waals surface area contributed by atoms with Gasteiger partial charge in [-0.05, 0) is 53.6 Å². The summed E-state index contributed by atoms with van der Waals surface area (Å²) in [5.41, 5.74) is 0.676. The molecule has 4 nitrogen and oxygen atoms in total. The number of rotatable bonds is 6. The number of amides is 1. The molecule has 0 aliphatic rings. The van der Waals surface area contributed by atoms with Crippen LogP contribution in [0.4, 0.5) is 0 Å². The Balaban J connectivity index is 2.17. The second kappa shape index (κ2) is 7.97. The monoisotopic (exact) mass is 432 g/mol. The number of hydrogen-bond acceptors (Lipinski definition) is 3.